The van der Waals surface area contributed by atoms with Gasteiger partial charge in [0, 0.05) is 12.6 Å². The minimum atomic E-state index is 0.362. The van der Waals surface area contributed by atoms with E-state index in [1.807, 2.05) is 13.8 Å². The maximum absolute atomic E-state index is 6.00. The van der Waals surface area contributed by atoms with E-state index in [1.165, 1.54) is 6.33 Å². The van der Waals surface area contributed by atoms with E-state index in [-0.39, 0.29) is 0 Å². The van der Waals surface area contributed by atoms with Crippen molar-refractivity contribution in [3.05, 3.63) is 6.33 Å². The summed E-state index contributed by atoms with van der Waals surface area (Å²) < 4.78 is 11.0. The predicted octanol–water partition coefficient (Wildman–Crippen LogP) is 1.83. The minimum absolute atomic E-state index is 0.362. The Labute approximate surface area is 113 Å². The van der Waals surface area contributed by atoms with Crippen LogP contribution in [0.3, 0.4) is 0 Å². The van der Waals surface area contributed by atoms with E-state index in [0.717, 1.165) is 25.9 Å². The van der Waals surface area contributed by atoms with Crippen LogP contribution in [-0.4, -0.2) is 35.3 Å². The molecule has 0 aromatic carbocycles. The van der Waals surface area contributed by atoms with Gasteiger partial charge in [-0.1, -0.05) is 6.92 Å². The van der Waals surface area contributed by atoms with Crippen molar-refractivity contribution in [1.29, 1.82) is 0 Å². The van der Waals surface area contributed by atoms with Gasteiger partial charge in [-0.25, -0.2) is 4.98 Å². The lowest BCUT2D eigenvalue weighted by molar-refractivity contribution is 0.00293. The molecule has 0 bridgehead atoms. The SMILES string of the molecule is CCCOc1ncnc(NC2CC(OCC)C2)c1N. The second kappa shape index (κ2) is 6.56. The molecule has 0 spiro atoms. The molecule has 6 nitrogen and oxygen atoms in total. The van der Waals surface area contributed by atoms with Gasteiger partial charge in [-0.3, -0.25) is 0 Å². The van der Waals surface area contributed by atoms with Crippen molar-refractivity contribution >= 4 is 11.5 Å². The highest BCUT2D eigenvalue weighted by Crippen LogP contribution is 2.30. The summed E-state index contributed by atoms with van der Waals surface area (Å²) in [7, 11) is 0. The number of rotatable bonds is 7. The highest BCUT2D eigenvalue weighted by atomic mass is 16.5. The molecule has 3 N–H and O–H groups in total. The van der Waals surface area contributed by atoms with E-state index in [1.54, 1.807) is 0 Å². The Bertz CT molecular complexity index is 408. The highest BCUT2D eigenvalue weighted by Gasteiger charge is 2.30. The van der Waals surface area contributed by atoms with Crippen LogP contribution in [0.2, 0.25) is 0 Å². The fourth-order valence-corrected chi connectivity index (χ4v) is 2.06. The normalized spacial score (nSPS) is 21.8. The molecule has 0 radical (unpaired) electrons. The number of anilines is 2. The molecule has 1 heterocycles. The number of nitrogens with two attached hydrogens (primary N) is 1. The van der Waals surface area contributed by atoms with Gasteiger partial charge in [-0.15, -0.1) is 0 Å². The maximum Gasteiger partial charge on any atom is 0.242 e. The zero-order valence-electron chi connectivity index (χ0n) is 11.6. The lowest BCUT2D eigenvalue weighted by Crippen LogP contribution is -2.41. The van der Waals surface area contributed by atoms with Gasteiger partial charge in [0.2, 0.25) is 5.88 Å². The summed E-state index contributed by atoms with van der Waals surface area (Å²) in [4.78, 5) is 8.22. The lowest BCUT2D eigenvalue weighted by Gasteiger charge is -2.35. The number of hydrogen-bond donors (Lipinski definition) is 2. The largest absolute Gasteiger partial charge is 0.476 e. The van der Waals surface area contributed by atoms with Crippen molar-refractivity contribution < 1.29 is 9.47 Å². The van der Waals surface area contributed by atoms with Crippen molar-refractivity contribution in [2.45, 2.75) is 45.3 Å². The van der Waals surface area contributed by atoms with Crippen LogP contribution in [0.15, 0.2) is 6.33 Å². The summed E-state index contributed by atoms with van der Waals surface area (Å²) in [5, 5.41) is 3.32. The van der Waals surface area contributed by atoms with E-state index in [4.69, 9.17) is 15.2 Å². The number of nitrogens with zero attached hydrogens (tertiary/aromatic N) is 2. The van der Waals surface area contributed by atoms with Crippen molar-refractivity contribution in [2.75, 3.05) is 24.3 Å². The summed E-state index contributed by atoms with van der Waals surface area (Å²) in [5.41, 5.74) is 6.48. The molecule has 19 heavy (non-hydrogen) atoms. The van der Waals surface area contributed by atoms with E-state index in [0.29, 0.717) is 36.1 Å². The quantitative estimate of drug-likeness (QED) is 0.783. The van der Waals surface area contributed by atoms with Crippen LogP contribution in [0, 0.1) is 0 Å². The first kappa shape index (κ1) is 13.9. The van der Waals surface area contributed by atoms with Crippen LogP contribution < -0.4 is 15.8 Å². The molecule has 6 heteroatoms. The van der Waals surface area contributed by atoms with Gasteiger partial charge >= 0.3 is 0 Å². The summed E-state index contributed by atoms with van der Waals surface area (Å²) in [6, 6.07) is 0.368. The molecule has 0 aliphatic heterocycles. The number of nitrogen functional groups attached to an aromatic ring is 1. The fourth-order valence-electron chi connectivity index (χ4n) is 2.06. The van der Waals surface area contributed by atoms with E-state index in [2.05, 4.69) is 15.3 Å². The molecule has 1 saturated carbocycles. The van der Waals surface area contributed by atoms with Gasteiger partial charge < -0.3 is 20.5 Å². The molecule has 1 aliphatic carbocycles. The standard InChI is InChI=1S/C13H22N4O2/c1-3-5-19-13-11(14)12(15-8-16-13)17-9-6-10(7-9)18-4-2/h8-10H,3-7,14H2,1-2H3,(H,15,16,17). The summed E-state index contributed by atoms with van der Waals surface area (Å²) in [6.45, 7) is 5.43. The number of nitrogens with one attached hydrogen (secondary N) is 1. The lowest BCUT2D eigenvalue weighted by atomic mass is 9.89. The molecule has 0 amide bonds. The van der Waals surface area contributed by atoms with E-state index >= 15 is 0 Å². The first-order valence-electron chi connectivity index (χ1n) is 6.86. The van der Waals surface area contributed by atoms with E-state index < -0.39 is 0 Å². The third-order valence-electron chi connectivity index (χ3n) is 3.13. The second-order valence-corrected chi connectivity index (χ2v) is 4.68. The minimum Gasteiger partial charge on any atom is -0.476 e. The highest BCUT2D eigenvalue weighted by molar-refractivity contribution is 5.66. The second-order valence-electron chi connectivity index (χ2n) is 4.68. The summed E-state index contributed by atoms with van der Waals surface area (Å²) in [5.74, 6) is 1.11. The average Bonchev–Trinajstić information content (AvgIpc) is 2.37. The van der Waals surface area contributed by atoms with Crippen molar-refractivity contribution in [3.8, 4) is 5.88 Å². The van der Waals surface area contributed by atoms with Crippen molar-refractivity contribution in [3.63, 3.8) is 0 Å². The Morgan fingerprint density at radius 2 is 2.16 bits per heavy atom. The Morgan fingerprint density at radius 1 is 1.37 bits per heavy atom. The van der Waals surface area contributed by atoms with Gasteiger partial charge in [0.05, 0.1) is 12.7 Å². The monoisotopic (exact) mass is 266 g/mol. The third-order valence-corrected chi connectivity index (χ3v) is 3.13. The molecule has 1 aromatic rings. The van der Waals surface area contributed by atoms with Gasteiger partial charge in [-0.2, -0.15) is 4.98 Å². The Kier molecular flexibility index (Phi) is 4.79. The molecule has 1 aliphatic rings. The van der Waals surface area contributed by atoms with Gasteiger partial charge in [0.1, 0.15) is 12.0 Å². The fraction of sp³-hybridized carbons (Fsp3) is 0.692. The van der Waals surface area contributed by atoms with Crippen molar-refractivity contribution in [2.24, 2.45) is 0 Å². The van der Waals surface area contributed by atoms with Gasteiger partial charge in [-0.05, 0) is 26.2 Å². The van der Waals surface area contributed by atoms with Gasteiger partial charge in [0.25, 0.3) is 0 Å². The number of ether oxygens (including phenoxy) is 2. The molecule has 0 atom stereocenters. The topological polar surface area (TPSA) is 82.3 Å². The molecular weight excluding hydrogens is 244 g/mol. The maximum atomic E-state index is 6.00. The Hall–Kier alpha value is -1.56. The molecule has 1 fully saturated rings. The van der Waals surface area contributed by atoms with Crippen LogP contribution >= 0.6 is 0 Å². The zero-order chi connectivity index (χ0) is 13.7. The molecule has 0 saturated heterocycles. The third kappa shape index (κ3) is 3.47. The molecule has 1 aromatic heterocycles. The predicted molar refractivity (Wildman–Crippen MR) is 74.3 cm³/mol. The zero-order valence-corrected chi connectivity index (χ0v) is 11.6. The van der Waals surface area contributed by atoms with Crippen molar-refractivity contribution in [1.82, 2.24) is 9.97 Å². The summed E-state index contributed by atoms with van der Waals surface area (Å²) in [6.07, 6.45) is 4.74. The van der Waals surface area contributed by atoms with Crippen LogP contribution in [-0.2, 0) is 4.74 Å². The molecule has 106 valence electrons. The van der Waals surface area contributed by atoms with Crippen LogP contribution in [0.1, 0.15) is 33.1 Å². The molecule has 0 unspecified atom stereocenters. The average molecular weight is 266 g/mol. The molecular formula is C13H22N4O2. The van der Waals surface area contributed by atoms with Crippen LogP contribution in [0.5, 0.6) is 5.88 Å². The number of aromatic nitrogens is 2. The van der Waals surface area contributed by atoms with Gasteiger partial charge in [0.15, 0.2) is 5.82 Å². The molecule has 2 rings (SSSR count). The number of hydrogen-bond acceptors (Lipinski definition) is 6. The smallest absolute Gasteiger partial charge is 0.242 e. The summed E-state index contributed by atoms with van der Waals surface area (Å²) >= 11 is 0. The first-order valence-corrected chi connectivity index (χ1v) is 6.86. The Morgan fingerprint density at radius 3 is 2.84 bits per heavy atom. The van der Waals surface area contributed by atoms with Crippen LogP contribution in [0.4, 0.5) is 11.5 Å². The Balaban J connectivity index is 1.90. The van der Waals surface area contributed by atoms with E-state index in [9.17, 15) is 0 Å². The first-order chi connectivity index (χ1) is 9.24. The van der Waals surface area contributed by atoms with Crippen LogP contribution in [0.25, 0.3) is 0 Å².